The summed E-state index contributed by atoms with van der Waals surface area (Å²) in [5, 5.41) is 10.4. The van der Waals surface area contributed by atoms with Crippen molar-refractivity contribution >= 4 is 11.0 Å². The third kappa shape index (κ3) is 2.16. The normalized spacial score (nSPS) is 12.2. The van der Waals surface area contributed by atoms with Crippen molar-refractivity contribution in [1.29, 1.82) is 0 Å². The Morgan fingerprint density at radius 2 is 2.05 bits per heavy atom. The first-order valence-corrected chi connectivity index (χ1v) is 5.42. The van der Waals surface area contributed by atoms with E-state index >= 15 is 0 Å². The van der Waals surface area contributed by atoms with Gasteiger partial charge in [-0.15, -0.1) is 0 Å². The third-order valence-electron chi connectivity index (χ3n) is 2.59. The number of aromatic nitrogens is 5. The number of nitrogens with one attached hydrogen (secondary N) is 1. The molecule has 0 unspecified atom stereocenters. The van der Waals surface area contributed by atoms with Crippen molar-refractivity contribution in [3.63, 3.8) is 0 Å². The minimum absolute atomic E-state index is 0.337. The molecule has 0 aliphatic carbocycles. The Labute approximate surface area is 105 Å². The van der Waals surface area contributed by atoms with Crippen molar-refractivity contribution < 1.29 is 13.2 Å². The van der Waals surface area contributed by atoms with Gasteiger partial charge in [0.1, 0.15) is 17.8 Å². The van der Waals surface area contributed by atoms with E-state index in [4.69, 9.17) is 0 Å². The van der Waals surface area contributed by atoms with Crippen LogP contribution in [0.4, 0.5) is 13.2 Å². The van der Waals surface area contributed by atoms with E-state index in [1.165, 1.54) is 12.4 Å². The second-order valence-electron chi connectivity index (χ2n) is 3.96. The molecule has 0 atom stereocenters. The van der Waals surface area contributed by atoms with E-state index in [0.29, 0.717) is 22.4 Å². The van der Waals surface area contributed by atoms with E-state index in [1.54, 1.807) is 18.2 Å². The van der Waals surface area contributed by atoms with Crippen LogP contribution in [0.3, 0.4) is 0 Å². The van der Waals surface area contributed by atoms with Gasteiger partial charge in [0.25, 0.3) is 0 Å². The molecule has 1 N–H and O–H groups in total. The van der Waals surface area contributed by atoms with E-state index in [-0.39, 0.29) is 0 Å². The quantitative estimate of drug-likeness (QED) is 0.775. The van der Waals surface area contributed by atoms with Gasteiger partial charge in [0, 0.05) is 12.4 Å². The van der Waals surface area contributed by atoms with Crippen molar-refractivity contribution in [3.8, 4) is 11.4 Å². The molecule has 19 heavy (non-hydrogen) atoms. The Balaban J connectivity index is 2.19. The molecule has 0 saturated carbocycles. The predicted molar refractivity (Wildman–Crippen MR) is 61.2 cm³/mol. The van der Waals surface area contributed by atoms with Crippen LogP contribution in [0.1, 0.15) is 0 Å². The highest BCUT2D eigenvalue weighted by Gasteiger charge is 2.30. The molecule has 98 valence electrons. The maximum Gasteiger partial charge on any atom is 0.408 e. The first-order chi connectivity index (χ1) is 9.04. The van der Waals surface area contributed by atoms with Crippen molar-refractivity contribution in [2.75, 3.05) is 0 Å². The van der Waals surface area contributed by atoms with E-state index in [1.807, 2.05) is 0 Å². The minimum Gasteiger partial charge on any atom is -0.276 e. The fourth-order valence-electron chi connectivity index (χ4n) is 1.87. The molecule has 3 heterocycles. The summed E-state index contributed by atoms with van der Waals surface area (Å²) in [6.07, 6.45) is -1.31. The Kier molecular flexibility index (Phi) is 2.51. The standard InChI is InChI=1S/C11H8F3N5/c12-11(13,14)6-19-8-2-1-4-15-10(8)9(18-19)7-3-5-16-17-7/h1-5H,6H2,(H,16,17). The monoisotopic (exact) mass is 267 g/mol. The lowest BCUT2D eigenvalue weighted by atomic mass is 10.2. The molecule has 8 heteroatoms. The number of nitrogens with zero attached hydrogens (tertiary/aromatic N) is 4. The largest absolute Gasteiger partial charge is 0.408 e. The second kappa shape index (κ2) is 4.08. The zero-order valence-electron chi connectivity index (χ0n) is 9.52. The predicted octanol–water partition coefficient (Wildman–Crippen LogP) is 2.38. The van der Waals surface area contributed by atoms with Crippen molar-refractivity contribution in [2.45, 2.75) is 12.7 Å². The summed E-state index contributed by atoms with van der Waals surface area (Å²) in [5.74, 6) is 0. The van der Waals surface area contributed by atoms with Crippen LogP contribution in [-0.2, 0) is 6.54 Å². The highest BCUT2D eigenvalue weighted by atomic mass is 19.4. The molecule has 0 saturated heterocycles. The summed E-state index contributed by atoms with van der Waals surface area (Å²) in [4.78, 5) is 4.09. The van der Waals surface area contributed by atoms with Crippen LogP contribution < -0.4 is 0 Å². The summed E-state index contributed by atoms with van der Waals surface area (Å²) >= 11 is 0. The molecular formula is C11H8F3N5. The average Bonchev–Trinajstić information content (AvgIpc) is 2.95. The van der Waals surface area contributed by atoms with Gasteiger partial charge in [-0.25, -0.2) is 0 Å². The zero-order chi connectivity index (χ0) is 13.5. The molecule has 0 bridgehead atoms. The van der Waals surface area contributed by atoms with Gasteiger partial charge in [0.2, 0.25) is 0 Å². The lowest BCUT2D eigenvalue weighted by Crippen LogP contribution is -2.18. The van der Waals surface area contributed by atoms with Crippen molar-refractivity contribution in [2.24, 2.45) is 0 Å². The summed E-state index contributed by atoms with van der Waals surface area (Å²) in [7, 11) is 0. The minimum atomic E-state index is -4.33. The molecule has 0 aromatic carbocycles. The maximum atomic E-state index is 12.5. The maximum absolute atomic E-state index is 12.5. The van der Waals surface area contributed by atoms with Gasteiger partial charge in [0.15, 0.2) is 0 Å². The Morgan fingerprint density at radius 1 is 1.21 bits per heavy atom. The van der Waals surface area contributed by atoms with Crippen LogP contribution in [0.2, 0.25) is 0 Å². The number of aromatic amines is 1. The SMILES string of the molecule is FC(F)(F)Cn1nc(-c2ccn[nH]2)c2ncccc21. The first-order valence-electron chi connectivity index (χ1n) is 5.42. The molecule has 3 aromatic rings. The molecule has 0 aliphatic heterocycles. The smallest absolute Gasteiger partial charge is 0.276 e. The Hall–Kier alpha value is -2.38. The van der Waals surface area contributed by atoms with Crippen molar-refractivity contribution in [3.05, 3.63) is 30.6 Å². The molecule has 0 fully saturated rings. The van der Waals surface area contributed by atoms with E-state index in [2.05, 4.69) is 20.3 Å². The highest BCUT2D eigenvalue weighted by Crippen LogP contribution is 2.27. The number of hydrogen-bond acceptors (Lipinski definition) is 3. The van der Waals surface area contributed by atoms with Gasteiger partial charge < -0.3 is 0 Å². The van der Waals surface area contributed by atoms with Crippen LogP contribution in [0, 0.1) is 0 Å². The van der Waals surface area contributed by atoms with Gasteiger partial charge in [0.05, 0.1) is 11.2 Å². The van der Waals surface area contributed by atoms with Gasteiger partial charge >= 0.3 is 6.18 Å². The zero-order valence-corrected chi connectivity index (χ0v) is 9.52. The molecule has 0 radical (unpaired) electrons. The lowest BCUT2D eigenvalue weighted by Gasteiger charge is -2.06. The number of hydrogen-bond donors (Lipinski definition) is 1. The Morgan fingerprint density at radius 3 is 2.74 bits per heavy atom. The van der Waals surface area contributed by atoms with Gasteiger partial charge in [-0.3, -0.25) is 14.8 Å². The molecule has 3 rings (SSSR count). The molecule has 0 spiro atoms. The van der Waals surface area contributed by atoms with Gasteiger partial charge in [-0.1, -0.05) is 0 Å². The highest BCUT2D eigenvalue weighted by molar-refractivity contribution is 5.88. The molecule has 0 aliphatic rings. The number of pyridine rings is 1. The first kappa shape index (κ1) is 11.7. The third-order valence-corrected chi connectivity index (χ3v) is 2.59. The number of H-pyrrole nitrogens is 1. The van der Waals surface area contributed by atoms with Crippen LogP contribution in [0.15, 0.2) is 30.6 Å². The Bertz CT molecular complexity index is 699. The molecule has 0 amide bonds. The lowest BCUT2D eigenvalue weighted by molar-refractivity contribution is -0.141. The van der Waals surface area contributed by atoms with Crippen LogP contribution in [0.5, 0.6) is 0 Å². The summed E-state index contributed by atoms with van der Waals surface area (Å²) in [6.45, 7) is -1.15. The van der Waals surface area contributed by atoms with Crippen LogP contribution in [-0.4, -0.2) is 31.1 Å². The van der Waals surface area contributed by atoms with Crippen LogP contribution in [0.25, 0.3) is 22.4 Å². The summed E-state index contributed by atoms with van der Waals surface area (Å²) in [6, 6.07) is 4.77. The molecule has 3 aromatic heterocycles. The van der Waals surface area contributed by atoms with Gasteiger partial charge in [-0.05, 0) is 18.2 Å². The fourth-order valence-corrected chi connectivity index (χ4v) is 1.87. The average molecular weight is 267 g/mol. The molecular weight excluding hydrogens is 259 g/mol. The summed E-state index contributed by atoms with van der Waals surface area (Å²) in [5.41, 5.74) is 1.64. The number of fused-ring (bicyclic) bond motifs is 1. The van der Waals surface area contributed by atoms with Crippen molar-refractivity contribution in [1.82, 2.24) is 25.0 Å². The second-order valence-corrected chi connectivity index (χ2v) is 3.96. The number of halogens is 3. The van der Waals surface area contributed by atoms with E-state index in [0.717, 1.165) is 4.68 Å². The van der Waals surface area contributed by atoms with E-state index in [9.17, 15) is 13.2 Å². The van der Waals surface area contributed by atoms with Gasteiger partial charge in [-0.2, -0.15) is 23.4 Å². The summed E-state index contributed by atoms with van der Waals surface area (Å²) < 4.78 is 38.5. The molecule has 5 nitrogen and oxygen atoms in total. The number of alkyl halides is 3. The number of rotatable bonds is 2. The van der Waals surface area contributed by atoms with Crippen LogP contribution >= 0.6 is 0 Å². The topological polar surface area (TPSA) is 59.4 Å². The fraction of sp³-hybridized carbons (Fsp3) is 0.182. The van der Waals surface area contributed by atoms with E-state index < -0.39 is 12.7 Å².